The Morgan fingerprint density at radius 3 is 2.19 bits per heavy atom. The summed E-state index contributed by atoms with van der Waals surface area (Å²) >= 11 is 3.61. The molecular formula is C15H13Br. The Kier molecular flexibility index (Phi) is 3.58. The Morgan fingerprint density at radius 2 is 1.56 bits per heavy atom. The molecule has 2 aromatic rings. The van der Waals surface area contributed by atoms with Crippen LogP contribution in [-0.4, -0.2) is 0 Å². The van der Waals surface area contributed by atoms with Crippen LogP contribution in [0, 0.1) is 6.92 Å². The third kappa shape index (κ3) is 2.83. The predicted octanol–water partition coefficient (Wildman–Crippen LogP) is 4.89. The third-order valence-corrected chi connectivity index (χ3v) is 3.11. The van der Waals surface area contributed by atoms with Gasteiger partial charge in [-0.05, 0) is 24.1 Å². The second kappa shape index (κ2) is 5.13. The minimum Gasteiger partial charge on any atom is -0.0622 e. The molecule has 0 spiro atoms. The van der Waals surface area contributed by atoms with Gasteiger partial charge in [-0.3, -0.25) is 0 Å². The van der Waals surface area contributed by atoms with Crippen LogP contribution >= 0.6 is 15.9 Å². The summed E-state index contributed by atoms with van der Waals surface area (Å²) in [4.78, 5) is 0. The lowest BCUT2D eigenvalue weighted by atomic mass is 10.1. The van der Waals surface area contributed by atoms with Gasteiger partial charge in [0, 0.05) is 4.48 Å². The standard InChI is InChI=1S/C15H13Br/c1-12-7-9-14(10-8-12)15(16)11-13-5-3-2-4-6-13/h2-11H,1H3/b15-11-. The first kappa shape index (κ1) is 11.2. The lowest BCUT2D eigenvalue weighted by Crippen LogP contribution is -1.78. The Morgan fingerprint density at radius 1 is 0.938 bits per heavy atom. The van der Waals surface area contributed by atoms with Crippen LogP contribution in [-0.2, 0) is 0 Å². The fourth-order valence-corrected chi connectivity index (χ4v) is 2.02. The molecule has 0 aliphatic rings. The molecule has 0 aromatic heterocycles. The van der Waals surface area contributed by atoms with Crippen LogP contribution in [0.25, 0.3) is 10.6 Å². The Labute approximate surface area is 105 Å². The van der Waals surface area contributed by atoms with Gasteiger partial charge in [0.15, 0.2) is 0 Å². The highest BCUT2D eigenvalue weighted by Crippen LogP contribution is 2.24. The van der Waals surface area contributed by atoms with E-state index in [0.717, 1.165) is 4.48 Å². The van der Waals surface area contributed by atoms with Gasteiger partial charge >= 0.3 is 0 Å². The average Bonchev–Trinajstić information content (AvgIpc) is 2.31. The van der Waals surface area contributed by atoms with E-state index >= 15 is 0 Å². The van der Waals surface area contributed by atoms with Gasteiger partial charge in [-0.25, -0.2) is 0 Å². The van der Waals surface area contributed by atoms with Gasteiger partial charge in [-0.2, -0.15) is 0 Å². The van der Waals surface area contributed by atoms with E-state index in [1.807, 2.05) is 18.2 Å². The minimum absolute atomic E-state index is 1.11. The number of benzene rings is 2. The zero-order chi connectivity index (χ0) is 11.4. The van der Waals surface area contributed by atoms with E-state index in [-0.39, 0.29) is 0 Å². The second-order valence-electron chi connectivity index (χ2n) is 3.77. The summed E-state index contributed by atoms with van der Waals surface area (Å²) in [7, 11) is 0. The maximum absolute atomic E-state index is 3.61. The predicted molar refractivity (Wildman–Crippen MR) is 74.4 cm³/mol. The number of hydrogen-bond acceptors (Lipinski definition) is 0. The van der Waals surface area contributed by atoms with Gasteiger partial charge in [0.2, 0.25) is 0 Å². The summed E-state index contributed by atoms with van der Waals surface area (Å²) in [6, 6.07) is 18.8. The van der Waals surface area contributed by atoms with Crippen molar-refractivity contribution in [1.82, 2.24) is 0 Å². The first-order valence-electron chi connectivity index (χ1n) is 5.25. The molecular weight excluding hydrogens is 260 g/mol. The van der Waals surface area contributed by atoms with Crippen molar-refractivity contribution < 1.29 is 0 Å². The summed E-state index contributed by atoms with van der Waals surface area (Å²) in [5, 5.41) is 0. The molecule has 0 unspecified atom stereocenters. The van der Waals surface area contributed by atoms with Crippen LogP contribution in [0.3, 0.4) is 0 Å². The van der Waals surface area contributed by atoms with E-state index in [0.29, 0.717) is 0 Å². The number of rotatable bonds is 2. The molecule has 0 bridgehead atoms. The van der Waals surface area contributed by atoms with Crippen molar-refractivity contribution in [3.8, 4) is 0 Å². The maximum atomic E-state index is 3.61. The van der Waals surface area contributed by atoms with E-state index in [1.165, 1.54) is 16.7 Å². The molecule has 16 heavy (non-hydrogen) atoms. The van der Waals surface area contributed by atoms with Crippen LogP contribution < -0.4 is 0 Å². The van der Waals surface area contributed by atoms with Gasteiger partial charge in [-0.15, -0.1) is 0 Å². The first-order chi connectivity index (χ1) is 7.75. The Hall–Kier alpha value is -1.34. The normalized spacial score (nSPS) is 11.5. The monoisotopic (exact) mass is 272 g/mol. The minimum atomic E-state index is 1.11. The van der Waals surface area contributed by atoms with Gasteiger partial charge in [-0.1, -0.05) is 76.1 Å². The van der Waals surface area contributed by atoms with E-state index < -0.39 is 0 Å². The fraction of sp³-hybridized carbons (Fsp3) is 0.0667. The van der Waals surface area contributed by atoms with Gasteiger partial charge in [0.25, 0.3) is 0 Å². The highest BCUT2D eigenvalue weighted by molar-refractivity contribution is 9.15. The van der Waals surface area contributed by atoms with Gasteiger partial charge < -0.3 is 0 Å². The molecule has 2 rings (SSSR count). The summed E-state index contributed by atoms with van der Waals surface area (Å²) in [6.07, 6.45) is 2.13. The molecule has 0 saturated carbocycles. The summed E-state index contributed by atoms with van der Waals surface area (Å²) < 4.78 is 1.11. The quantitative estimate of drug-likeness (QED) is 0.683. The molecule has 0 saturated heterocycles. The van der Waals surface area contributed by atoms with Crippen LogP contribution in [0.1, 0.15) is 16.7 Å². The number of hydrogen-bond donors (Lipinski definition) is 0. The third-order valence-electron chi connectivity index (χ3n) is 2.42. The smallest absolute Gasteiger partial charge is 0.0253 e. The van der Waals surface area contributed by atoms with Gasteiger partial charge in [0.05, 0.1) is 0 Å². The molecule has 2 aromatic carbocycles. The van der Waals surface area contributed by atoms with Crippen molar-refractivity contribution in [3.05, 3.63) is 71.3 Å². The molecule has 1 heteroatoms. The molecule has 0 heterocycles. The van der Waals surface area contributed by atoms with Crippen LogP contribution in [0.15, 0.2) is 54.6 Å². The molecule has 80 valence electrons. The molecule has 0 aliphatic carbocycles. The van der Waals surface area contributed by atoms with Crippen molar-refractivity contribution in [1.29, 1.82) is 0 Å². The van der Waals surface area contributed by atoms with E-state index in [4.69, 9.17) is 0 Å². The molecule has 0 aliphatic heterocycles. The SMILES string of the molecule is Cc1ccc(/C(Br)=C/c2ccccc2)cc1. The lowest BCUT2D eigenvalue weighted by Gasteiger charge is -2.01. The number of aryl methyl sites for hydroxylation is 1. The highest BCUT2D eigenvalue weighted by atomic mass is 79.9. The molecule has 0 fully saturated rings. The second-order valence-corrected chi connectivity index (χ2v) is 4.62. The van der Waals surface area contributed by atoms with E-state index in [1.54, 1.807) is 0 Å². The maximum Gasteiger partial charge on any atom is 0.0253 e. The van der Waals surface area contributed by atoms with E-state index in [9.17, 15) is 0 Å². The Bertz CT molecular complexity index is 481. The topological polar surface area (TPSA) is 0 Å². The van der Waals surface area contributed by atoms with Crippen LogP contribution in [0.2, 0.25) is 0 Å². The summed E-state index contributed by atoms with van der Waals surface area (Å²) in [5.41, 5.74) is 3.69. The molecule has 0 atom stereocenters. The Balaban J connectivity index is 2.28. The molecule has 0 N–H and O–H groups in total. The number of halogens is 1. The van der Waals surface area contributed by atoms with Crippen molar-refractivity contribution in [2.75, 3.05) is 0 Å². The van der Waals surface area contributed by atoms with Crippen molar-refractivity contribution in [3.63, 3.8) is 0 Å². The first-order valence-corrected chi connectivity index (χ1v) is 6.04. The van der Waals surface area contributed by atoms with Crippen molar-refractivity contribution in [2.24, 2.45) is 0 Å². The average molecular weight is 273 g/mol. The van der Waals surface area contributed by atoms with E-state index in [2.05, 4.69) is 65.3 Å². The van der Waals surface area contributed by atoms with Crippen LogP contribution in [0.4, 0.5) is 0 Å². The zero-order valence-corrected chi connectivity index (χ0v) is 10.7. The van der Waals surface area contributed by atoms with Gasteiger partial charge in [0.1, 0.15) is 0 Å². The summed E-state index contributed by atoms with van der Waals surface area (Å²) in [6.45, 7) is 2.10. The largest absolute Gasteiger partial charge is 0.0622 e. The van der Waals surface area contributed by atoms with Crippen molar-refractivity contribution in [2.45, 2.75) is 6.92 Å². The van der Waals surface area contributed by atoms with Crippen LogP contribution in [0.5, 0.6) is 0 Å². The fourth-order valence-electron chi connectivity index (χ4n) is 1.49. The summed E-state index contributed by atoms with van der Waals surface area (Å²) in [5.74, 6) is 0. The highest BCUT2D eigenvalue weighted by Gasteiger charge is 1.97. The molecule has 0 nitrogen and oxygen atoms in total. The zero-order valence-electron chi connectivity index (χ0n) is 9.15. The molecule has 0 radical (unpaired) electrons. The molecule has 0 amide bonds. The van der Waals surface area contributed by atoms with Crippen molar-refractivity contribution >= 4 is 26.5 Å². The lowest BCUT2D eigenvalue weighted by molar-refractivity contribution is 1.46.